The van der Waals surface area contributed by atoms with Gasteiger partial charge in [0.05, 0.1) is 39.5 Å². The summed E-state index contributed by atoms with van der Waals surface area (Å²) in [5.74, 6) is -1.16. The van der Waals surface area contributed by atoms with Crippen molar-refractivity contribution in [3.05, 3.63) is 78.0 Å². The van der Waals surface area contributed by atoms with E-state index in [9.17, 15) is 18.0 Å². The second kappa shape index (κ2) is 9.78. The number of ether oxygens (including phenoxy) is 1. The number of pyridine rings is 1. The summed E-state index contributed by atoms with van der Waals surface area (Å²) >= 11 is 0. The molecular formula is C27H26N4O5S. The maximum Gasteiger partial charge on any atom is 0.339 e. The smallest absolute Gasteiger partial charge is 0.339 e. The van der Waals surface area contributed by atoms with Gasteiger partial charge in [0.1, 0.15) is 0 Å². The number of benzene rings is 2. The topological polar surface area (TPSA) is 111 Å². The third kappa shape index (κ3) is 4.97. The van der Waals surface area contributed by atoms with E-state index in [-0.39, 0.29) is 17.1 Å². The molecule has 37 heavy (non-hydrogen) atoms. The molecular weight excluding hydrogens is 492 g/mol. The molecule has 0 N–H and O–H groups in total. The number of amides is 1. The van der Waals surface area contributed by atoms with Gasteiger partial charge in [0.15, 0.2) is 22.1 Å². The molecule has 1 amide bonds. The third-order valence-corrected chi connectivity index (χ3v) is 8.33. The van der Waals surface area contributed by atoms with E-state index in [1.807, 2.05) is 60.7 Å². The first-order valence-corrected chi connectivity index (χ1v) is 13.7. The highest BCUT2D eigenvalue weighted by Gasteiger charge is 2.33. The SMILES string of the molecule is Cc1nn(-c2ccccc2)c2nc(-c3ccccc3)cc(C(=O)OCC(=O)N(C)[C@H]3CCS(=O)(=O)C3)c12. The molecule has 9 nitrogen and oxygen atoms in total. The quantitative estimate of drug-likeness (QED) is 0.360. The predicted molar refractivity (Wildman–Crippen MR) is 139 cm³/mol. The third-order valence-electron chi connectivity index (χ3n) is 6.58. The number of rotatable bonds is 6. The Bertz CT molecular complexity index is 1580. The van der Waals surface area contributed by atoms with Crippen molar-refractivity contribution >= 4 is 32.7 Å². The average molecular weight is 519 g/mol. The summed E-state index contributed by atoms with van der Waals surface area (Å²) in [7, 11) is -1.61. The molecule has 4 aromatic rings. The molecule has 3 heterocycles. The van der Waals surface area contributed by atoms with E-state index in [2.05, 4.69) is 5.10 Å². The number of para-hydroxylation sites is 1. The molecule has 0 unspecified atom stereocenters. The molecule has 0 radical (unpaired) electrons. The molecule has 1 aliphatic heterocycles. The lowest BCUT2D eigenvalue weighted by Crippen LogP contribution is -2.40. The maximum atomic E-state index is 13.3. The summed E-state index contributed by atoms with van der Waals surface area (Å²) in [4.78, 5) is 32.2. The number of carbonyl (C=O) groups excluding carboxylic acids is 2. The fourth-order valence-electron chi connectivity index (χ4n) is 4.55. The van der Waals surface area contributed by atoms with Crippen LogP contribution in [0.3, 0.4) is 0 Å². The van der Waals surface area contributed by atoms with Crippen molar-refractivity contribution < 1.29 is 22.7 Å². The van der Waals surface area contributed by atoms with Crippen molar-refractivity contribution in [3.63, 3.8) is 0 Å². The molecule has 10 heteroatoms. The van der Waals surface area contributed by atoms with Crippen LogP contribution >= 0.6 is 0 Å². The maximum absolute atomic E-state index is 13.3. The van der Waals surface area contributed by atoms with Crippen LogP contribution in [-0.4, -0.2) is 71.2 Å². The van der Waals surface area contributed by atoms with Crippen LogP contribution in [0.1, 0.15) is 22.5 Å². The van der Waals surface area contributed by atoms with Crippen LogP contribution in [-0.2, 0) is 19.4 Å². The number of esters is 1. The number of hydrogen-bond donors (Lipinski definition) is 0. The van der Waals surface area contributed by atoms with Crippen molar-refractivity contribution in [1.29, 1.82) is 0 Å². The summed E-state index contributed by atoms with van der Waals surface area (Å²) in [6.45, 7) is 1.30. The van der Waals surface area contributed by atoms with Crippen LogP contribution in [0.2, 0.25) is 0 Å². The van der Waals surface area contributed by atoms with Gasteiger partial charge in [-0.3, -0.25) is 4.79 Å². The van der Waals surface area contributed by atoms with E-state index in [1.165, 1.54) is 11.9 Å². The van der Waals surface area contributed by atoms with E-state index in [0.717, 1.165) is 11.3 Å². The summed E-state index contributed by atoms with van der Waals surface area (Å²) in [6.07, 6.45) is 0.377. The van der Waals surface area contributed by atoms with Gasteiger partial charge < -0.3 is 9.64 Å². The average Bonchev–Trinajstić information content (AvgIpc) is 3.45. The fraction of sp³-hybridized carbons (Fsp3) is 0.259. The predicted octanol–water partition coefficient (Wildman–Crippen LogP) is 3.20. The van der Waals surface area contributed by atoms with Crippen LogP contribution in [0.25, 0.3) is 28.0 Å². The number of hydrogen-bond acceptors (Lipinski definition) is 7. The van der Waals surface area contributed by atoms with Crippen LogP contribution in [0, 0.1) is 6.92 Å². The summed E-state index contributed by atoms with van der Waals surface area (Å²) in [6, 6.07) is 20.2. The highest BCUT2D eigenvalue weighted by atomic mass is 32.2. The highest BCUT2D eigenvalue weighted by Crippen LogP contribution is 2.29. The molecule has 2 aromatic carbocycles. The summed E-state index contributed by atoms with van der Waals surface area (Å²) in [5, 5.41) is 5.18. The summed E-state index contributed by atoms with van der Waals surface area (Å²) < 4.78 is 30.7. The Morgan fingerprint density at radius 3 is 2.41 bits per heavy atom. The van der Waals surface area contributed by atoms with Crippen molar-refractivity contribution in [2.24, 2.45) is 0 Å². The molecule has 2 aromatic heterocycles. The van der Waals surface area contributed by atoms with Gasteiger partial charge in [-0.25, -0.2) is 22.9 Å². The number of aromatic nitrogens is 3. The Hall–Kier alpha value is -4.05. The Kier molecular flexibility index (Phi) is 6.51. The lowest BCUT2D eigenvalue weighted by Gasteiger charge is -2.23. The second-order valence-electron chi connectivity index (χ2n) is 9.09. The first-order valence-electron chi connectivity index (χ1n) is 11.9. The van der Waals surface area contributed by atoms with Gasteiger partial charge in [-0.2, -0.15) is 5.10 Å². The molecule has 5 rings (SSSR count). The van der Waals surface area contributed by atoms with E-state index < -0.39 is 34.4 Å². The number of aryl methyl sites for hydroxylation is 1. The number of nitrogens with zero attached hydrogens (tertiary/aromatic N) is 4. The van der Waals surface area contributed by atoms with Crippen molar-refractivity contribution in [1.82, 2.24) is 19.7 Å². The number of sulfone groups is 1. The molecule has 0 saturated carbocycles. The molecule has 1 atom stereocenters. The number of likely N-dealkylation sites (N-methyl/N-ethyl adjacent to an activating group) is 1. The van der Waals surface area contributed by atoms with Crippen molar-refractivity contribution in [2.75, 3.05) is 25.2 Å². The zero-order valence-electron chi connectivity index (χ0n) is 20.5. The van der Waals surface area contributed by atoms with E-state index in [1.54, 1.807) is 17.7 Å². The molecule has 0 aliphatic carbocycles. The lowest BCUT2D eigenvalue weighted by atomic mass is 10.1. The number of fused-ring (bicyclic) bond motifs is 1. The monoisotopic (exact) mass is 518 g/mol. The van der Waals surface area contributed by atoms with Crippen LogP contribution < -0.4 is 0 Å². The van der Waals surface area contributed by atoms with Crippen molar-refractivity contribution in [3.8, 4) is 16.9 Å². The minimum atomic E-state index is -3.15. The van der Waals surface area contributed by atoms with Crippen molar-refractivity contribution in [2.45, 2.75) is 19.4 Å². The van der Waals surface area contributed by atoms with Gasteiger partial charge in [-0.05, 0) is 31.5 Å². The van der Waals surface area contributed by atoms with Crippen LogP contribution in [0.4, 0.5) is 0 Å². The van der Waals surface area contributed by atoms with Gasteiger partial charge in [0, 0.05) is 18.7 Å². The normalized spacial score (nSPS) is 16.5. The van der Waals surface area contributed by atoms with E-state index in [0.29, 0.717) is 28.8 Å². The minimum absolute atomic E-state index is 0.0526. The summed E-state index contributed by atoms with van der Waals surface area (Å²) in [5.41, 5.74) is 3.52. The van der Waals surface area contributed by atoms with Gasteiger partial charge in [0.2, 0.25) is 0 Å². The second-order valence-corrected chi connectivity index (χ2v) is 11.3. The molecule has 1 aliphatic rings. The molecule has 0 bridgehead atoms. The Balaban J connectivity index is 1.49. The van der Waals surface area contributed by atoms with E-state index in [4.69, 9.17) is 9.72 Å². The van der Waals surface area contributed by atoms with Gasteiger partial charge in [0.25, 0.3) is 5.91 Å². The van der Waals surface area contributed by atoms with Crippen LogP contribution in [0.5, 0.6) is 0 Å². The van der Waals surface area contributed by atoms with Gasteiger partial charge in [-0.15, -0.1) is 0 Å². The lowest BCUT2D eigenvalue weighted by molar-refractivity contribution is -0.134. The van der Waals surface area contributed by atoms with Crippen LogP contribution in [0.15, 0.2) is 66.7 Å². The molecule has 1 fully saturated rings. The first kappa shape index (κ1) is 24.6. The Morgan fingerprint density at radius 1 is 1.08 bits per heavy atom. The minimum Gasteiger partial charge on any atom is -0.452 e. The molecule has 1 saturated heterocycles. The Labute approximate surface area is 214 Å². The number of carbonyl (C=O) groups is 2. The zero-order valence-corrected chi connectivity index (χ0v) is 21.3. The zero-order chi connectivity index (χ0) is 26.2. The van der Waals surface area contributed by atoms with E-state index >= 15 is 0 Å². The highest BCUT2D eigenvalue weighted by molar-refractivity contribution is 7.91. The molecule has 0 spiro atoms. The van der Waals surface area contributed by atoms with Gasteiger partial charge in [-0.1, -0.05) is 48.5 Å². The standard InChI is InChI=1S/C27H26N4O5S/c1-18-25-22(27(33)36-16-24(32)30(2)21-13-14-37(34,35)17-21)15-23(19-9-5-3-6-10-19)28-26(25)31(29-18)20-11-7-4-8-12-20/h3-12,15,21H,13-14,16-17H2,1-2H3/t21-/m0/s1. The largest absolute Gasteiger partial charge is 0.452 e. The fourth-order valence-corrected chi connectivity index (χ4v) is 6.32. The Morgan fingerprint density at radius 2 is 1.76 bits per heavy atom. The van der Waals surface area contributed by atoms with Gasteiger partial charge >= 0.3 is 5.97 Å². The molecule has 190 valence electrons. The first-order chi connectivity index (χ1) is 17.7.